The first-order valence-electron chi connectivity index (χ1n) is 5.08. The Balaban J connectivity index is 1.90. The van der Waals surface area contributed by atoms with Crippen molar-refractivity contribution in [3.05, 3.63) is 33.1 Å². The predicted octanol–water partition coefficient (Wildman–Crippen LogP) is 1.56. The summed E-state index contributed by atoms with van der Waals surface area (Å²) in [7, 11) is 0. The van der Waals surface area contributed by atoms with Gasteiger partial charge in [0.2, 0.25) is 5.89 Å². The lowest BCUT2D eigenvalue weighted by Gasteiger charge is -2.08. The number of amides is 1. The summed E-state index contributed by atoms with van der Waals surface area (Å²) in [6.07, 6.45) is -0.806. The maximum atomic E-state index is 11.6. The highest BCUT2D eigenvalue weighted by Gasteiger charge is 2.16. The first kappa shape index (κ1) is 13.0. The second kappa shape index (κ2) is 5.47. The molecule has 2 aromatic rings. The molecule has 0 aromatic carbocycles. The molecule has 18 heavy (non-hydrogen) atoms. The van der Waals surface area contributed by atoms with Gasteiger partial charge in [-0.3, -0.25) is 4.79 Å². The van der Waals surface area contributed by atoms with Gasteiger partial charge in [0.1, 0.15) is 6.10 Å². The van der Waals surface area contributed by atoms with Crippen LogP contribution in [0.15, 0.2) is 16.7 Å². The van der Waals surface area contributed by atoms with Crippen molar-refractivity contribution in [2.24, 2.45) is 0 Å². The smallest absolute Gasteiger partial charge is 0.292 e. The van der Waals surface area contributed by atoms with Crippen LogP contribution in [-0.2, 0) is 0 Å². The summed E-state index contributed by atoms with van der Waals surface area (Å²) in [5.41, 5.74) is 0. The molecule has 6 nitrogen and oxygen atoms in total. The van der Waals surface area contributed by atoms with E-state index in [4.69, 9.17) is 11.6 Å². The van der Waals surface area contributed by atoms with Crippen molar-refractivity contribution >= 4 is 28.8 Å². The third-order valence-electron chi connectivity index (χ3n) is 2.11. The van der Waals surface area contributed by atoms with Gasteiger partial charge in [-0.2, -0.15) is 4.98 Å². The number of hydrogen-bond donors (Lipinski definition) is 2. The second-order valence-electron chi connectivity index (χ2n) is 3.50. The zero-order valence-electron chi connectivity index (χ0n) is 9.38. The molecule has 0 aliphatic heterocycles. The average Bonchev–Trinajstić information content (AvgIpc) is 2.94. The number of carbonyl (C=O) groups excluding carboxylic acids is 1. The zero-order valence-corrected chi connectivity index (χ0v) is 11.0. The van der Waals surface area contributed by atoms with Crippen LogP contribution >= 0.6 is 22.9 Å². The van der Waals surface area contributed by atoms with Crippen molar-refractivity contribution in [3.63, 3.8) is 0 Å². The van der Waals surface area contributed by atoms with Crippen molar-refractivity contribution in [3.8, 4) is 0 Å². The molecular formula is C10H10ClN3O3S. The van der Waals surface area contributed by atoms with Gasteiger partial charge in [0.05, 0.1) is 4.34 Å². The highest BCUT2D eigenvalue weighted by molar-refractivity contribution is 7.16. The van der Waals surface area contributed by atoms with Crippen LogP contribution < -0.4 is 5.32 Å². The minimum Gasteiger partial charge on any atom is -0.386 e. The van der Waals surface area contributed by atoms with Crippen LogP contribution in [0, 0.1) is 6.92 Å². The van der Waals surface area contributed by atoms with E-state index in [9.17, 15) is 9.90 Å². The van der Waals surface area contributed by atoms with Crippen LogP contribution in [0.2, 0.25) is 4.34 Å². The fourth-order valence-corrected chi connectivity index (χ4v) is 2.31. The fourth-order valence-electron chi connectivity index (χ4n) is 1.27. The van der Waals surface area contributed by atoms with Crippen LogP contribution in [-0.4, -0.2) is 27.7 Å². The van der Waals surface area contributed by atoms with Crippen LogP contribution in [0.1, 0.15) is 27.5 Å². The van der Waals surface area contributed by atoms with Crippen molar-refractivity contribution in [2.45, 2.75) is 13.0 Å². The maximum Gasteiger partial charge on any atom is 0.292 e. The summed E-state index contributed by atoms with van der Waals surface area (Å²) in [4.78, 5) is 16.0. The molecule has 0 bridgehead atoms. The molecule has 0 fully saturated rings. The summed E-state index contributed by atoms with van der Waals surface area (Å²) >= 11 is 7.02. The molecule has 0 aliphatic rings. The van der Waals surface area contributed by atoms with E-state index < -0.39 is 12.0 Å². The molecule has 2 N–H and O–H groups in total. The first-order valence-corrected chi connectivity index (χ1v) is 6.27. The highest BCUT2D eigenvalue weighted by atomic mass is 35.5. The number of rotatable bonds is 4. The SMILES string of the molecule is Cc1nc(C(=O)NCC(O)c2ccc(Cl)s2)no1. The van der Waals surface area contributed by atoms with E-state index in [1.807, 2.05) is 0 Å². The van der Waals surface area contributed by atoms with E-state index in [0.29, 0.717) is 15.1 Å². The number of hydrogen-bond acceptors (Lipinski definition) is 6. The lowest BCUT2D eigenvalue weighted by Crippen LogP contribution is -2.28. The average molecular weight is 288 g/mol. The molecule has 1 atom stereocenters. The molecule has 2 rings (SSSR count). The molecule has 0 saturated carbocycles. The molecule has 1 amide bonds. The number of halogens is 1. The molecule has 0 saturated heterocycles. The van der Waals surface area contributed by atoms with Gasteiger partial charge in [0.25, 0.3) is 11.7 Å². The molecular weight excluding hydrogens is 278 g/mol. The normalized spacial score (nSPS) is 12.4. The third-order valence-corrected chi connectivity index (χ3v) is 3.44. The van der Waals surface area contributed by atoms with E-state index in [-0.39, 0.29) is 12.4 Å². The lowest BCUT2D eigenvalue weighted by molar-refractivity contribution is 0.0904. The summed E-state index contributed by atoms with van der Waals surface area (Å²) in [5.74, 6) is -0.233. The van der Waals surface area contributed by atoms with Crippen LogP contribution in [0.5, 0.6) is 0 Å². The monoisotopic (exact) mass is 287 g/mol. The van der Waals surface area contributed by atoms with E-state index in [0.717, 1.165) is 0 Å². The van der Waals surface area contributed by atoms with Gasteiger partial charge in [-0.05, 0) is 12.1 Å². The number of nitrogens with one attached hydrogen (secondary N) is 1. The van der Waals surface area contributed by atoms with Crippen molar-refractivity contribution in [1.82, 2.24) is 15.5 Å². The number of aryl methyl sites for hydroxylation is 1. The first-order chi connectivity index (χ1) is 8.56. The van der Waals surface area contributed by atoms with Gasteiger partial charge in [0, 0.05) is 18.3 Å². The van der Waals surface area contributed by atoms with Crippen LogP contribution in [0.25, 0.3) is 0 Å². The summed E-state index contributed by atoms with van der Waals surface area (Å²) < 4.78 is 5.27. The Morgan fingerprint density at radius 3 is 3.00 bits per heavy atom. The van der Waals surface area contributed by atoms with Gasteiger partial charge in [-0.1, -0.05) is 16.8 Å². The summed E-state index contributed by atoms with van der Waals surface area (Å²) in [6.45, 7) is 1.65. The van der Waals surface area contributed by atoms with Crippen molar-refractivity contribution < 1.29 is 14.4 Å². The largest absolute Gasteiger partial charge is 0.386 e. The van der Waals surface area contributed by atoms with Gasteiger partial charge in [-0.25, -0.2) is 0 Å². The minimum atomic E-state index is -0.806. The zero-order chi connectivity index (χ0) is 13.1. The number of carbonyl (C=O) groups is 1. The standard InChI is InChI=1S/C10H10ClN3O3S/c1-5-13-9(14-17-5)10(16)12-4-6(15)7-2-3-8(11)18-7/h2-3,6,15H,4H2,1H3,(H,12,16). The molecule has 0 spiro atoms. The second-order valence-corrected chi connectivity index (χ2v) is 5.25. The summed E-state index contributed by atoms with van der Waals surface area (Å²) in [5, 5.41) is 15.8. The highest BCUT2D eigenvalue weighted by Crippen LogP contribution is 2.26. The Labute approximate surface area is 112 Å². The molecule has 1 unspecified atom stereocenters. The third kappa shape index (κ3) is 3.06. The molecule has 0 radical (unpaired) electrons. The molecule has 0 aliphatic carbocycles. The van der Waals surface area contributed by atoms with Gasteiger partial charge < -0.3 is 14.9 Å². The molecule has 2 aromatic heterocycles. The van der Waals surface area contributed by atoms with Gasteiger partial charge >= 0.3 is 0 Å². The van der Waals surface area contributed by atoms with E-state index in [2.05, 4.69) is 20.0 Å². The molecule has 96 valence electrons. The Morgan fingerprint density at radius 2 is 2.44 bits per heavy atom. The predicted molar refractivity (Wildman–Crippen MR) is 65.7 cm³/mol. The summed E-state index contributed by atoms with van der Waals surface area (Å²) in [6, 6.07) is 3.40. The molecule has 8 heteroatoms. The van der Waals surface area contributed by atoms with Crippen LogP contribution in [0.3, 0.4) is 0 Å². The van der Waals surface area contributed by atoms with E-state index >= 15 is 0 Å². The quantitative estimate of drug-likeness (QED) is 0.891. The number of thiophene rings is 1. The van der Waals surface area contributed by atoms with E-state index in [1.54, 1.807) is 19.1 Å². The fraction of sp³-hybridized carbons (Fsp3) is 0.300. The molecule has 2 heterocycles. The maximum absolute atomic E-state index is 11.6. The van der Waals surface area contributed by atoms with Crippen LogP contribution in [0.4, 0.5) is 0 Å². The topological polar surface area (TPSA) is 88.2 Å². The van der Waals surface area contributed by atoms with E-state index in [1.165, 1.54) is 11.3 Å². The lowest BCUT2D eigenvalue weighted by atomic mass is 10.3. The number of aliphatic hydroxyl groups excluding tert-OH is 1. The Bertz CT molecular complexity index is 554. The number of nitrogens with zero attached hydrogens (tertiary/aromatic N) is 2. The minimum absolute atomic E-state index is 0.0519. The Hall–Kier alpha value is -1.44. The number of aliphatic hydroxyl groups is 1. The van der Waals surface area contributed by atoms with Gasteiger partial charge in [-0.15, -0.1) is 11.3 Å². The van der Waals surface area contributed by atoms with Crippen molar-refractivity contribution in [1.29, 1.82) is 0 Å². The Morgan fingerprint density at radius 1 is 1.67 bits per heavy atom. The van der Waals surface area contributed by atoms with Gasteiger partial charge in [0.15, 0.2) is 0 Å². The Kier molecular flexibility index (Phi) is 3.95. The number of aromatic nitrogens is 2. The van der Waals surface area contributed by atoms with Crippen molar-refractivity contribution in [2.75, 3.05) is 6.54 Å².